The van der Waals surface area contributed by atoms with Crippen LogP contribution in [0.1, 0.15) is 12.8 Å². The van der Waals surface area contributed by atoms with Gasteiger partial charge in [-0.2, -0.15) is 4.98 Å². The Morgan fingerprint density at radius 3 is 2.79 bits per heavy atom. The molecule has 28 heavy (non-hydrogen) atoms. The smallest absolute Gasteiger partial charge is 0.294 e. The molecule has 3 heterocycles. The van der Waals surface area contributed by atoms with Crippen LogP contribution in [0.25, 0.3) is 11.0 Å². The summed E-state index contributed by atoms with van der Waals surface area (Å²) >= 11 is 0. The SMILES string of the molecule is Cn1c(=O)c(Oc2ccccc2F)cc2cnc(NCCN3CCCC3)nc21. The molecule has 8 heteroatoms. The van der Waals surface area contributed by atoms with Crippen LogP contribution in [0.15, 0.2) is 41.3 Å². The molecule has 3 aromatic rings. The highest BCUT2D eigenvalue weighted by Crippen LogP contribution is 2.24. The monoisotopic (exact) mass is 383 g/mol. The number of ether oxygens (including phenoxy) is 1. The molecule has 0 unspecified atom stereocenters. The van der Waals surface area contributed by atoms with E-state index in [0.717, 1.165) is 26.2 Å². The maximum absolute atomic E-state index is 13.8. The van der Waals surface area contributed by atoms with Gasteiger partial charge < -0.3 is 15.0 Å². The van der Waals surface area contributed by atoms with Crippen molar-refractivity contribution < 1.29 is 9.13 Å². The third kappa shape index (κ3) is 3.82. The summed E-state index contributed by atoms with van der Waals surface area (Å²) in [5.74, 6) is -0.0265. The van der Waals surface area contributed by atoms with Crippen LogP contribution in [0, 0.1) is 5.82 Å². The summed E-state index contributed by atoms with van der Waals surface area (Å²) < 4.78 is 20.7. The number of para-hydroxylation sites is 1. The van der Waals surface area contributed by atoms with Crippen LogP contribution in [-0.2, 0) is 7.05 Å². The molecule has 2 aromatic heterocycles. The molecular formula is C20H22FN5O2. The minimum atomic E-state index is -0.529. The fourth-order valence-corrected chi connectivity index (χ4v) is 3.35. The van der Waals surface area contributed by atoms with Gasteiger partial charge in [0.15, 0.2) is 17.3 Å². The van der Waals surface area contributed by atoms with Crippen LogP contribution in [-0.4, -0.2) is 45.6 Å². The van der Waals surface area contributed by atoms with Crippen LogP contribution in [0.2, 0.25) is 0 Å². The van der Waals surface area contributed by atoms with Gasteiger partial charge in [-0.3, -0.25) is 9.36 Å². The van der Waals surface area contributed by atoms with Gasteiger partial charge in [0.2, 0.25) is 5.95 Å². The zero-order valence-electron chi connectivity index (χ0n) is 15.7. The standard InChI is InChI=1S/C20H22FN5O2/c1-25-18-14(12-17(19(25)27)28-16-7-3-2-6-15(16)21)13-23-20(24-18)22-8-11-26-9-4-5-10-26/h2-3,6-7,12-13H,4-5,8-11H2,1H3,(H,22,23,24). The minimum absolute atomic E-state index is 0.0000629. The molecule has 0 amide bonds. The molecule has 0 saturated carbocycles. The molecule has 0 spiro atoms. The third-order valence-corrected chi connectivity index (χ3v) is 4.88. The largest absolute Gasteiger partial charge is 0.448 e. The van der Waals surface area contributed by atoms with Crippen LogP contribution >= 0.6 is 0 Å². The van der Waals surface area contributed by atoms with E-state index in [1.54, 1.807) is 25.4 Å². The maximum Gasteiger partial charge on any atom is 0.294 e. The Bertz CT molecular complexity index is 1050. The zero-order valence-corrected chi connectivity index (χ0v) is 15.7. The van der Waals surface area contributed by atoms with Gasteiger partial charge in [0.1, 0.15) is 5.65 Å². The van der Waals surface area contributed by atoms with E-state index in [1.807, 2.05) is 0 Å². The second-order valence-electron chi connectivity index (χ2n) is 6.85. The number of rotatable bonds is 6. The molecule has 0 atom stereocenters. The number of pyridine rings is 1. The molecular weight excluding hydrogens is 361 g/mol. The van der Waals surface area contributed by atoms with Crippen molar-refractivity contribution in [3.05, 3.63) is 52.7 Å². The van der Waals surface area contributed by atoms with Gasteiger partial charge >= 0.3 is 0 Å². The quantitative estimate of drug-likeness (QED) is 0.706. The lowest BCUT2D eigenvalue weighted by molar-refractivity contribution is 0.352. The number of halogens is 1. The average molecular weight is 383 g/mol. The number of benzene rings is 1. The predicted octanol–water partition coefficient (Wildman–Crippen LogP) is 2.77. The lowest BCUT2D eigenvalue weighted by atomic mass is 10.3. The van der Waals surface area contributed by atoms with E-state index in [-0.39, 0.29) is 11.5 Å². The van der Waals surface area contributed by atoms with Gasteiger partial charge in [-0.1, -0.05) is 12.1 Å². The van der Waals surface area contributed by atoms with Crippen molar-refractivity contribution in [3.63, 3.8) is 0 Å². The Kier molecular flexibility index (Phi) is 5.21. The van der Waals surface area contributed by atoms with E-state index < -0.39 is 11.4 Å². The summed E-state index contributed by atoms with van der Waals surface area (Å²) in [5, 5.41) is 3.85. The summed E-state index contributed by atoms with van der Waals surface area (Å²) in [6.07, 6.45) is 4.14. The van der Waals surface area contributed by atoms with E-state index in [4.69, 9.17) is 4.74 Å². The topological polar surface area (TPSA) is 72.3 Å². The van der Waals surface area contributed by atoms with Crippen molar-refractivity contribution in [1.29, 1.82) is 0 Å². The molecule has 1 saturated heterocycles. The summed E-state index contributed by atoms with van der Waals surface area (Å²) in [6, 6.07) is 7.50. The van der Waals surface area contributed by atoms with Crippen LogP contribution in [0.4, 0.5) is 10.3 Å². The summed E-state index contributed by atoms with van der Waals surface area (Å²) in [5.41, 5.74) is 0.0991. The zero-order chi connectivity index (χ0) is 19.5. The molecule has 0 bridgehead atoms. The molecule has 1 aliphatic heterocycles. The average Bonchev–Trinajstić information content (AvgIpc) is 3.21. The second-order valence-corrected chi connectivity index (χ2v) is 6.85. The molecule has 0 radical (unpaired) electrons. The summed E-state index contributed by atoms with van der Waals surface area (Å²) in [4.78, 5) is 23.8. The number of nitrogens with one attached hydrogen (secondary N) is 1. The molecule has 1 N–H and O–H groups in total. The number of anilines is 1. The van der Waals surface area contributed by atoms with E-state index in [0.29, 0.717) is 17.0 Å². The Morgan fingerprint density at radius 1 is 1.21 bits per heavy atom. The second kappa shape index (κ2) is 7.93. The molecule has 1 aliphatic rings. The first-order valence-corrected chi connectivity index (χ1v) is 9.37. The highest BCUT2D eigenvalue weighted by Gasteiger charge is 2.14. The molecule has 1 fully saturated rings. The summed E-state index contributed by atoms with van der Waals surface area (Å²) in [7, 11) is 1.61. The van der Waals surface area contributed by atoms with Crippen LogP contribution in [0.5, 0.6) is 11.5 Å². The number of nitrogens with zero attached hydrogens (tertiary/aromatic N) is 4. The lowest BCUT2D eigenvalue weighted by Crippen LogP contribution is -2.26. The fourth-order valence-electron chi connectivity index (χ4n) is 3.35. The first kappa shape index (κ1) is 18.4. The van der Waals surface area contributed by atoms with Gasteiger partial charge in [0.25, 0.3) is 5.56 Å². The predicted molar refractivity (Wildman–Crippen MR) is 105 cm³/mol. The molecule has 146 valence electrons. The van der Waals surface area contributed by atoms with Crippen molar-refractivity contribution in [1.82, 2.24) is 19.4 Å². The van der Waals surface area contributed by atoms with E-state index in [1.165, 1.54) is 35.6 Å². The molecule has 1 aromatic carbocycles. The van der Waals surface area contributed by atoms with Crippen molar-refractivity contribution in [3.8, 4) is 11.5 Å². The lowest BCUT2D eigenvalue weighted by Gasteiger charge is -2.15. The number of hydrogen-bond donors (Lipinski definition) is 1. The van der Waals surface area contributed by atoms with Crippen molar-refractivity contribution >= 4 is 17.0 Å². The van der Waals surface area contributed by atoms with Crippen molar-refractivity contribution in [2.45, 2.75) is 12.8 Å². The van der Waals surface area contributed by atoms with E-state index in [2.05, 4.69) is 20.2 Å². The van der Waals surface area contributed by atoms with Crippen LogP contribution < -0.4 is 15.6 Å². The summed E-state index contributed by atoms with van der Waals surface area (Å²) in [6.45, 7) is 3.96. The Labute approximate surface area is 161 Å². The third-order valence-electron chi connectivity index (χ3n) is 4.88. The Balaban J connectivity index is 1.55. The molecule has 0 aliphatic carbocycles. The van der Waals surface area contributed by atoms with Gasteiger partial charge in [0, 0.05) is 31.7 Å². The maximum atomic E-state index is 13.8. The van der Waals surface area contributed by atoms with Crippen molar-refractivity contribution in [2.75, 3.05) is 31.5 Å². The fraction of sp³-hybridized carbons (Fsp3) is 0.350. The first-order chi connectivity index (χ1) is 13.6. The van der Waals surface area contributed by atoms with Gasteiger partial charge in [-0.25, -0.2) is 9.37 Å². The highest BCUT2D eigenvalue weighted by atomic mass is 19.1. The Morgan fingerprint density at radius 2 is 2.00 bits per heavy atom. The number of likely N-dealkylation sites (tertiary alicyclic amines) is 1. The normalized spacial score (nSPS) is 14.5. The minimum Gasteiger partial charge on any atom is -0.448 e. The Hall–Kier alpha value is -3.00. The van der Waals surface area contributed by atoms with Crippen LogP contribution in [0.3, 0.4) is 0 Å². The van der Waals surface area contributed by atoms with Gasteiger partial charge in [-0.05, 0) is 44.1 Å². The first-order valence-electron chi connectivity index (χ1n) is 9.37. The van der Waals surface area contributed by atoms with Gasteiger partial charge in [0.05, 0.1) is 0 Å². The van der Waals surface area contributed by atoms with Crippen molar-refractivity contribution in [2.24, 2.45) is 7.05 Å². The van der Waals surface area contributed by atoms with E-state index >= 15 is 0 Å². The molecule has 7 nitrogen and oxygen atoms in total. The number of aromatic nitrogens is 3. The highest BCUT2D eigenvalue weighted by molar-refractivity contribution is 5.76. The molecule has 4 rings (SSSR count). The number of hydrogen-bond acceptors (Lipinski definition) is 6. The number of fused-ring (bicyclic) bond motifs is 1. The number of aryl methyl sites for hydroxylation is 1. The van der Waals surface area contributed by atoms with Gasteiger partial charge in [-0.15, -0.1) is 0 Å². The van der Waals surface area contributed by atoms with E-state index in [9.17, 15) is 9.18 Å².